The molecule has 136 valence electrons. The molecule has 0 bridgehead atoms. The molecule has 0 atom stereocenters. The Bertz CT molecular complexity index is 1380. The first-order valence-electron chi connectivity index (χ1n) is 8.34. The normalized spacial score (nSPS) is 10.8. The molecule has 8 nitrogen and oxygen atoms in total. The molecule has 0 N–H and O–H groups in total. The summed E-state index contributed by atoms with van der Waals surface area (Å²) in [4.78, 5) is 22.0. The van der Waals surface area contributed by atoms with Gasteiger partial charge in [-0.2, -0.15) is 5.26 Å². The van der Waals surface area contributed by atoms with Gasteiger partial charge < -0.3 is 9.47 Å². The van der Waals surface area contributed by atoms with Crippen LogP contribution >= 0.6 is 0 Å². The topological polar surface area (TPSA) is 98.2 Å². The summed E-state index contributed by atoms with van der Waals surface area (Å²) in [6, 6.07) is 5.37. The van der Waals surface area contributed by atoms with Gasteiger partial charge in [-0.25, -0.2) is 24.8 Å². The molecule has 0 aliphatic carbocycles. The fourth-order valence-electron chi connectivity index (χ4n) is 3.14. The van der Waals surface area contributed by atoms with Crippen molar-refractivity contribution in [3.63, 3.8) is 0 Å². The predicted octanol–water partition coefficient (Wildman–Crippen LogP) is 3.78. The van der Waals surface area contributed by atoms with E-state index in [4.69, 9.17) is 21.0 Å². The summed E-state index contributed by atoms with van der Waals surface area (Å²) in [5.74, 6) is 0.453. The number of hydrogen-bond donors (Lipinski definition) is 0. The van der Waals surface area contributed by atoms with Crippen LogP contribution in [0, 0.1) is 31.8 Å². The number of methoxy groups -OCH3 is 2. The van der Waals surface area contributed by atoms with Crippen LogP contribution in [0.2, 0.25) is 0 Å². The average Bonchev–Trinajstić information content (AvgIpc) is 2.73. The quantitative estimate of drug-likeness (QED) is 0.391. The van der Waals surface area contributed by atoms with E-state index < -0.39 is 0 Å². The van der Waals surface area contributed by atoms with Gasteiger partial charge in [0.2, 0.25) is 5.69 Å². The third-order valence-electron chi connectivity index (χ3n) is 4.64. The average molecular weight is 370 g/mol. The van der Waals surface area contributed by atoms with Crippen molar-refractivity contribution >= 4 is 38.5 Å². The highest BCUT2D eigenvalue weighted by molar-refractivity contribution is 6.21. The van der Waals surface area contributed by atoms with Gasteiger partial charge in [0, 0.05) is 10.8 Å². The zero-order valence-corrected chi connectivity index (χ0v) is 15.7. The Balaban J connectivity index is 2.36. The van der Waals surface area contributed by atoms with Crippen LogP contribution in [-0.4, -0.2) is 34.2 Å². The highest BCUT2D eigenvalue weighted by atomic mass is 16.5. The van der Waals surface area contributed by atoms with Crippen molar-refractivity contribution in [3.8, 4) is 17.8 Å². The monoisotopic (exact) mass is 370 g/mol. The van der Waals surface area contributed by atoms with E-state index in [0.717, 1.165) is 11.4 Å². The molecular formula is C20H14N6O2. The molecule has 2 aromatic heterocycles. The van der Waals surface area contributed by atoms with E-state index in [2.05, 4.69) is 25.9 Å². The number of nitriles is 1. The van der Waals surface area contributed by atoms with Crippen LogP contribution in [0.4, 0.5) is 5.69 Å². The van der Waals surface area contributed by atoms with Gasteiger partial charge in [0.15, 0.2) is 0 Å². The fraction of sp³-hybridized carbons (Fsp3) is 0.200. The molecule has 2 aromatic carbocycles. The first-order valence-corrected chi connectivity index (χ1v) is 8.34. The molecule has 0 saturated carbocycles. The lowest BCUT2D eigenvalue weighted by molar-refractivity contribution is 0.334. The highest BCUT2D eigenvalue weighted by Gasteiger charge is 2.20. The lowest BCUT2D eigenvalue weighted by Crippen LogP contribution is -2.01. The van der Waals surface area contributed by atoms with Crippen molar-refractivity contribution in [2.45, 2.75) is 13.8 Å². The summed E-state index contributed by atoms with van der Waals surface area (Å²) >= 11 is 0. The lowest BCUT2D eigenvalue weighted by atomic mass is 10.0. The van der Waals surface area contributed by atoms with Crippen molar-refractivity contribution in [2.24, 2.45) is 0 Å². The maximum Gasteiger partial charge on any atom is 0.278 e. The second-order valence-corrected chi connectivity index (χ2v) is 6.17. The SMILES string of the molecule is [C-]#[N+]c1cc2c(cc1C#N)c1nc(OC)c(OC)nc1c1nc(C)c(C)nc21. The summed E-state index contributed by atoms with van der Waals surface area (Å²) in [6.45, 7) is 11.1. The largest absolute Gasteiger partial charge is 0.477 e. The second-order valence-electron chi connectivity index (χ2n) is 6.17. The zero-order chi connectivity index (χ0) is 20.0. The van der Waals surface area contributed by atoms with E-state index in [0.29, 0.717) is 32.8 Å². The molecule has 0 aliphatic rings. The number of fused-ring (bicyclic) bond motifs is 6. The van der Waals surface area contributed by atoms with Crippen molar-refractivity contribution < 1.29 is 9.47 Å². The number of aromatic nitrogens is 4. The molecule has 0 aliphatic heterocycles. The maximum absolute atomic E-state index is 9.46. The van der Waals surface area contributed by atoms with E-state index in [1.807, 2.05) is 13.8 Å². The number of aryl methyl sites for hydroxylation is 2. The molecule has 0 unspecified atom stereocenters. The van der Waals surface area contributed by atoms with E-state index in [1.54, 1.807) is 12.1 Å². The van der Waals surface area contributed by atoms with Gasteiger partial charge in [-0.15, -0.1) is 0 Å². The smallest absolute Gasteiger partial charge is 0.278 e. The third kappa shape index (κ3) is 2.36. The Hall–Kier alpha value is -4.04. The fourth-order valence-corrected chi connectivity index (χ4v) is 3.14. The number of rotatable bonds is 2. The van der Waals surface area contributed by atoms with E-state index >= 15 is 0 Å². The highest BCUT2D eigenvalue weighted by Crippen LogP contribution is 2.38. The molecule has 0 amide bonds. The summed E-state index contributed by atoms with van der Waals surface area (Å²) in [6.07, 6.45) is 0. The van der Waals surface area contributed by atoms with Gasteiger partial charge in [0.05, 0.1) is 49.3 Å². The summed E-state index contributed by atoms with van der Waals surface area (Å²) in [7, 11) is 2.96. The molecule has 8 heteroatoms. The van der Waals surface area contributed by atoms with Crippen molar-refractivity contribution in [1.82, 2.24) is 19.9 Å². The Morgan fingerprint density at radius 3 is 1.93 bits per heavy atom. The molecule has 28 heavy (non-hydrogen) atoms. The number of benzene rings is 2. The second kappa shape index (κ2) is 6.29. The summed E-state index contributed by atoms with van der Waals surface area (Å²) in [5, 5.41) is 10.8. The lowest BCUT2D eigenvalue weighted by Gasteiger charge is -2.13. The van der Waals surface area contributed by atoms with Crippen molar-refractivity contribution in [1.29, 1.82) is 5.26 Å². The van der Waals surface area contributed by atoms with Crippen molar-refractivity contribution in [3.05, 3.63) is 40.5 Å². The van der Waals surface area contributed by atoms with Crippen LogP contribution in [-0.2, 0) is 0 Å². The maximum atomic E-state index is 9.46. The van der Waals surface area contributed by atoms with Gasteiger partial charge in [0.1, 0.15) is 16.6 Å². The van der Waals surface area contributed by atoms with Crippen LogP contribution in [0.1, 0.15) is 17.0 Å². The van der Waals surface area contributed by atoms with Gasteiger partial charge >= 0.3 is 0 Å². The standard InChI is InChI=1S/C20H14N6O2/c1-9-10(2)24-17-15(23-9)13-7-14(22-3)11(8-21)6-12(13)16-18(17)26-20(28-5)19(25-16)27-4/h6-7H,1-2,4-5H3. The van der Waals surface area contributed by atoms with Crippen LogP contribution < -0.4 is 9.47 Å². The number of nitrogens with zero attached hydrogens (tertiary/aromatic N) is 6. The Morgan fingerprint density at radius 2 is 1.36 bits per heavy atom. The molecule has 0 fully saturated rings. The molecular weight excluding hydrogens is 356 g/mol. The first kappa shape index (κ1) is 17.4. The van der Waals surface area contributed by atoms with Gasteiger partial charge in [0.25, 0.3) is 11.8 Å². The first-order chi connectivity index (χ1) is 13.5. The van der Waals surface area contributed by atoms with Crippen LogP contribution in [0.15, 0.2) is 12.1 Å². The minimum atomic E-state index is 0.222. The Labute approximate surface area is 160 Å². The van der Waals surface area contributed by atoms with Crippen molar-refractivity contribution in [2.75, 3.05) is 14.2 Å². The number of hydrogen-bond acceptors (Lipinski definition) is 7. The van der Waals surface area contributed by atoms with E-state index in [9.17, 15) is 5.26 Å². The van der Waals surface area contributed by atoms with E-state index in [-0.39, 0.29) is 23.0 Å². The van der Waals surface area contributed by atoms with Crippen LogP contribution in [0.3, 0.4) is 0 Å². The number of ether oxygens (including phenoxy) is 2. The third-order valence-corrected chi connectivity index (χ3v) is 4.64. The Morgan fingerprint density at radius 1 is 0.857 bits per heavy atom. The van der Waals surface area contributed by atoms with Gasteiger partial charge in [-0.3, -0.25) is 0 Å². The van der Waals surface area contributed by atoms with E-state index in [1.165, 1.54) is 14.2 Å². The zero-order valence-electron chi connectivity index (χ0n) is 15.7. The molecule has 0 spiro atoms. The minimum Gasteiger partial charge on any atom is -0.477 e. The minimum absolute atomic E-state index is 0.222. The van der Waals surface area contributed by atoms with Gasteiger partial charge in [-0.1, -0.05) is 0 Å². The molecule has 0 radical (unpaired) electrons. The van der Waals surface area contributed by atoms with Gasteiger partial charge in [-0.05, 0) is 26.0 Å². The van der Waals surface area contributed by atoms with Crippen LogP contribution in [0.25, 0.3) is 37.7 Å². The molecule has 4 rings (SSSR count). The summed E-state index contributed by atoms with van der Waals surface area (Å²) < 4.78 is 10.6. The summed E-state index contributed by atoms with van der Waals surface area (Å²) in [5.41, 5.74) is 4.21. The van der Waals surface area contributed by atoms with Crippen LogP contribution in [0.5, 0.6) is 11.8 Å². The Kier molecular flexibility index (Phi) is 3.90. The molecule has 2 heterocycles. The predicted molar refractivity (Wildman–Crippen MR) is 104 cm³/mol. The molecule has 4 aromatic rings. The molecule has 0 saturated heterocycles.